The monoisotopic (exact) mass is 291 g/mol. The lowest BCUT2D eigenvalue weighted by Crippen LogP contribution is -2.46. The van der Waals surface area contributed by atoms with E-state index in [1.165, 1.54) is 11.3 Å². The molecule has 5 heteroatoms. The molecule has 0 radical (unpaired) electrons. The maximum atomic E-state index is 12.7. The Kier molecular flexibility index (Phi) is 3.74. The molecule has 3 rings (SSSR count). The number of benzene rings is 1. The topological polar surface area (TPSA) is 49.8 Å². The van der Waals surface area contributed by atoms with E-state index in [4.69, 9.17) is 9.84 Å². The fourth-order valence-electron chi connectivity index (χ4n) is 2.54. The van der Waals surface area contributed by atoms with Crippen molar-refractivity contribution in [1.82, 2.24) is 4.90 Å². The molecule has 1 aliphatic rings. The van der Waals surface area contributed by atoms with Crippen molar-refractivity contribution in [3.05, 3.63) is 34.7 Å². The summed E-state index contributed by atoms with van der Waals surface area (Å²) in [4.78, 5) is 15.2. The van der Waals surface area contributed by atoms with Gasteiger partial charge in [0.05, 0.1) is 24.2 Å². The van der Waals surface area contributed by atoms with Crippen LogP contribution in [0.3, 0.4) is 0 Å². The normalized spacial score (nSPS) is 19.5. The fourth-order valence-corrected chi connectivity index (χ4v) is 3.71. The molecule has 1 aromatic heterocycles. The zero-order chi connectivity index (χ0) is 14.1. The van der Waals surface area contributed by atoms with Crippen LogP contribution in [-0.2, 0) is 4.74 Å². The van der Waals surface area contributed by atoms with Gasteiger partial charge in [0.1, 0.15) is 0 Å². The van der Waals surface area contributed by atoms with Gasteiger partial charge in [0.2, 0.25) is 0 Å². The molecule has 1 N–H and O–H groups in total. The van der Waals surface area contributed by atoms with Crippen LogP contribution < -0.4 is 0 Å². The first-order valence-corrected chi connectivity index (χ1v) is 7.52. The zero-order valence-corrected chi connectivity index (χ0v) is 12.2. The summed E-state index contributed by atoms with van der Waals surface area (Å²) in [7, 11) is 0. The standard InChI is InChI=1S/C15H17NO3S/c1-10-12-4-2-3-5-13(12)20-14(10)15(18)16-6-7-19-11(8-16)9-17/h2-5,11,17H,6-9H2,1H3. The van der Waals surface area contributed by atoms with Gasteiger partial charge in [-0.25, -0.2) is 0 Å². The number of rotatable bonds is 2. The molecule has 4 nitrogen and oxygen atoms in total. The summed E-state index contributed by atoms with van der Waals surface area (Å²) in [5.74, 6) is 0.0467. The highest BCUT2D eigenvalue weighted by molar-refractivity contribution is 7.21. The number of ether oxygens (including phenoxy) is 1. The highest BCUT2D eigenvalue weighted by Crippen LogP contribution is 2.31. The Morgan fingerprint density at radius 3 is 3.05 bits per heavy atom. The van der Waals surface area contributed by atoms with E-state index < -0.39 is 0 Å². The smallest absolute Gasteiger partial charge is 0.264 e. The van der Waals surface area contributed by atoms with Crippen LogP contribution in [0.4, 0.5) is 0 Å². The Morgan fingerprint density at radius 2 is 2.30 bits per heavy atom. The van der Waals surface area contributed by atoms with Crippen LogP contribution in [-0.4, -0.2) is 48.3 Å². The molecule has 1 aromatic carbocycles. The third-order valence-corrected chi connectivity index (χ3v) is 4.93. The second kappa shape index (κ2) is 5.52. The van der Waals surface area contributed by atoms with Gasteiger partial charge >= 0.3 is 0 Å². The van der Waals surface area contributed by atoms with Gasteiger partial charge in [-0.1, -0.05) is 18.2 Å². The molecular weight excluding hydrogens is 274 g/mol. The SMILES string of the molecule is Cc1c(C(=O)N2CCOC(CO)C2)sc2ccccc12. The Hall–Kier alpha value is -1.43. The fraction of sp³-hybridized carbons (Fsp3) is 0.400. The third kappa shape index (κ3) is 2.32. The number of hydrogen-bond donors (Lipinski definition) is 1. The predicted octanol–water partition coefficient (Wildman–Crippen LogP) is 2.04. The number of nitrogens with zero attached hydrogens (tertiary/aromatic N) is 1. The van der Waals surface area contributed by atoms with Crippen molar-refractivity contribution in [3.8, 4) is 0 Å². The van der Waals surface area contributed by atoms with E-state index in [1.54, 1.807) is 4.90 Å². The first kappa shape index (κ1) is 13.5. The summed E-state index contributed by atoms with van der Waals surface area (Å²) in [6, 6.07) is 8.07. The molecule has 1 saturated heterocycles. The van der Waals surface area contributed by atoms with Crippen LogP contribution in [0, 0.1) is 6.92 Å². The van der Waals surface area contributed by atoms with Gasteiger partial charge in [0.25, 0.3) is 5.91 Å². The summed E-state index contributed by atoms with van der Waals surface area (Å²) in [5.41, 5.74) is 1.04. The molecule has 1 fully saturated rings. The zero-order valence-electron chi connectivity index (χ0n) is 11.3. The molecule has 2 aromatic rings. The van der Waals surface area contributed by atoms with Gasteiger partial charge in [0.15, 0.2) is 0 Å². The first-order chi connectivity index (χ1) is 9.70. The van der Waals surface area contributed by atoms with Gasteiger partial charge in [-0.05, 0) is 23.9 Å². The van der Waals surface area contributed by atoms with Gasteiger partial charge in [-0.3, -0.25) is 4.79 Å². The number of carbonyl (C=O) groups excluding carboxylic acids is 1. The number of fused-ring (bicyclic) bond motifs is 1. The maximum absolute atomic E-state index is 12.7. The quantitative estimate of drug-likeness (QED) is 0.921. The first-order valence-electron chi connectivity index (χ1n) is 6.70. The summed E-state index contributed by atoms with van der Waals surface area (Å²) >= 11 is 1.54. The van der Waals surface area contributed by atoms with E-state index in [-0.39, 0.29) is 18.6 Å². The molecule has 1 aliphatic heterocycles. The minimum absolute atomic E-state index is 0.0465. The summed E-state index contributed by atoms with van der Waals surface area (Å²) < 4.78 is 6.53. The summed E-state index contributed by atoms with van der Waals surface area (Å²) in [6.45, 7) is 3.48. The van der Waals surface area contributed by atoms with Crippen molar-refractivity contribution in [3.63, 3.8) is 0 Å². The Labute approximate surface area is 121 Å². The van der Waals surface area contributed by atoms with Crippen molar-refractivity contribution >= 4 is 27.3 Å². The lowest BCUT2D eigenvalue weighted by atomic mass is 10.1. The molecule has 0 bridgehead atoms. The lowest BCUT2D eigenvalue weighted by Gasteiger charge is -2.31. The Balaban J connectivity index is 1.90. The van der Waals surface area contributed by atoms with E-state index >= 15 is 0 Å². The number of morpholine rings is 1. The molecule has 0 spiro atoms. The van der Waals surface area contributed by atoms with Crippen LogP contribution >= 0.6 is 11.3 Å². The van der Waals surface area contributed by atoms with Gasteiger partial charge in [-0.15, -0.1) is 11.3 Å². The highest BCUT2D eigenvalue weighted by atomic mass is 32.1. The van der Waals surface area contributed by atoms with E-state index in [1.807, 2.05) is 31.2 Å². The minimum atomic E-state index is -0.262. The average Bonchev–Trinajstić information content (AvgIpc) is 2.84. The average molecular weight is 291 g/mol. The minimum Gasteiger partial charge on any atom is -0.394 e. The van der Waals surface area contributed by atoms with Crippen LogP contribution in [0.1, 0.15) is 15.2 Å². The van der Waals surface area contributed by atoms with Crippen LogP contribution in [0.25, 0.3) is 10.1 Å². The second-order valence-electron chi connectivity index (χ2n) is 4.98. The van der Waals surface area contributed by atoms with E-state index in [0.29, 0.717) is 19.7 Å². The van der Waals surface area contributed by atoms with Crippen molar-refractivity contribution in [2.45, 2.75) is 13.0 Å². The molecule has 1 atom stereocenters. The van der Waals surface area contributed by atoms with Crippen molar-refractivity contribution < 1.29 is 14.6 Å². The molecule has 2 heterocycles. The van der Waals surface area contributed by atoms with Crippen LogP contribution in [0.5, 0.6) is 0 Å². The largest absolute Gasteiger partial charge is 0.394 e. The molecule has 0 aliphatic carbocycles. The van der Waals surface area contributed by atoms with Gasteiger partial charge in [-0.2, -0.15) is 0 Å². The summed E-state index contributed by atoms with van der Waals surface area (Å²) in [5, 5.41) is 10.3. The number of hydrogen-bond acceptors (Lipinski definition) is 4. The molecule has 1 unspecified atom stereocenters. The molecule has 106 valence electrons. The van der Waals surface area contributed by atoms with Gasteiger partial charge < -0.3 is 14.7 Å². The third-order valence-electron chi connectivity index (χ3n) is 3.67. The maximum Gasteiger partial charge on any atom is 0.264 e. The van der Waals surface area contributed by atoms with Crippen molar-refractivity contribution in [2.24, 2.45) is 0 Å². The van der Waals surface area contributed by atoms with E-state index in [0.717, 1.165) is 20.5 Å². The highest BCUT2D eigenvalue weighted by Gasteiger charge is 2.27. The van der Waals surface area contributed by atoms with Crippen molar-refractivity contribution in [2.75, 3.05) is 26.3 Å². The number of thiophene rings is 1. The number of aliphatic hydroxyl groups excluding tert-OH is 1. The van der Waals surface area contributed by atoms with Gasteiger partial charge in [0, 0.05) is 17.8 Å². The molecule has 0 saturated carbocycles. The number of aryl methyl sites for hydroxylation is 1. The Bertz CT molecular complexity index is 637. The number of carbonyl (C=O) groups is 1. The van der Waals surface area contributed by atoms with Crippen LogP contribution in [0.2, 0.25) is 0 Å². The Morgan fingerprint density at radius 1 is 1.50 bits per heavy atom. The second-order valence-corrected chi connectivity index (χ2v) is 6.03. The molecule has 1 amide bonds. The number of amides is 1. The van der Waals surface area contributed by atoms with Crippen LogP contribution in [0.15, 0.2) is 24.3 Å². The summed E-state index contributed by atoms with van der Waals surface area (Å²) in [6.07, 6.45) is -0.262. The molecule has 20 heavy (non-hydrogen) atoms. The van der Waals surface area contributed by atoms with E-state index in [2.05, 4.69) is 0 Å². The number of aliphatic hydroxyl groups is 1. The van der Waals surface area contributed by atoms with E-state index in [9.17, 15) is 4.79 Å². The molecular formula is C15H17NO3S. The van der Waals surface area contributed by atoms with Crippen molar-refractivity contribution in [1.29, 1.82) is 0 Å². The lowest BCUT2D eigenvalue weighted by molar-refractivity contribution is -0.0446. The predicted molar refractivity (Wildman–Crippen MR) is 79.3 cm³/mol.